The molecule has 2 aromatic rings. The molecule has 4 rings (SSSR count). The summed E-state index contributed by atoms with van der Waals surface area (Å²) in [6.45, 7) is 5.36. The highest BCUT2D eigenvalue weighted by Crippen LogP contribution is 2.20. The first kappa shape index (κ1) is 15.9. The van der Waals surface area contributed by atoms with Gasteiger partial charge in [-0.05, 0) is 25.0 Å². The molecule has 2 aliphatic heterocycles. The summed E-state index contributed by atoms with van der Waals surface area (Å²) in [5, 5.41) is 0. The minimum Gasteiger partial charge on any atom is -0.368 e. The molecule has 6 nitrogen and oxygen atoms in total. The van der Waals surface area contributed by atoms with Crippen LogP contribution < -0.4 is 9.80 Å². The molecule has 25 heavy (non-hydrogen) atoms. The van der Waals surface area contributed by atoms with Gasteiger partial charge in [-0.2, -0.15) is 0 Å². The highest BCUT2D eigenvalue weighted by molar-refractivity contribution is 5.93. The smallest absolute Gasteiger partial charge is 0.272 e. The van der Waals surface area contributed by atoms with Crippen LogP contribution in [0.2, 0.25) is 0 Å². The van der Waals surface area contributed by atoms with Gasteiger partial charge in [-0.3, -0.25) is 4.79 Å². The molecule has 1 aromatic carbocycles. The number of carbonyl (C=O) groups excluding carboxylic acids is 1. The minimum absolute atomic E-state index is 0.0315. The van der Waals surface area contributed by atoms with Crippen LogP contribution in [0.4, 0.5) is 11.5 Å². The van der Waals surface area contributed by atoms with Crippen LogP contribution in [0, 0.1) is 0 Å². The average molecular weight is 337 g/mol. The number of hydrogen-bond acceptors (Lipinski definition) is 5. The van der Waals surface area contributed by atoms with E-state index in [1.807, 2.05) is 17.0 Å². The molecule has 0 atom stereocenters. The molecular weight excluding hydrogens is 314 g/mol. The fourth-order valence-electron chi connectivity index (χ4n) is 3.55. The van der Waals surface area contributed by atoms with Gasteiger partial charge in [0.15, 0.2) is 0 Å². The molecule has 0 N–H and O–H groups in total. The average Bonchev–Trinajstić information content (AvgIpc) is 3.23. The molecule has 0 bridgehead atoms. The first-order valence-corrected chi connectivity index (χ1v) is 8.97. The molecule has 2 aliphatic rings. The van der Waals surface area contributed by atoms with Crippen LogP contribution >= 0.6 is 0 Å². The number of para-hydroxylation sites is 1. The number of likely N-dealkylation sites (tertiary alicyclic amines) is 1. The first-order chi connectivity index (χ1) is 12.3. The Morgan fingerprint density at radius 3 is 2.24 bits per heavy atom. The van der Waals surface area contributed by atoms with Gasteiger partial charge in [0.1, 0.15) is 17.8 Å². The van der Waals surface area contributed by atoms with E-state index in [1.54, 1.807) is 0 Å². The van der Waals surface area contributed by atoms with Crippen LogP contribution in [0.3, 0.4) is 0 Å². The molecule has 3 heterocycles. The summed E-state index contributed by atoms with van der Waals surface area (Å²) >= 11 is 0. The van der Waals surface area contributed by atoms with E-state index in [0.29, 0.717) is 5.69 Å². The molecule has 130 valence electrons. The van der Waals surface area contributed by atoms with Gasteiger partial charge in [-0.15, -0.1) is 0 Å². The number of anilines is 2. The van der Waals surface area contributed by atoms with Gasteiger partial charge in [0.05, 0.1) is 0 Å². The number of carbonyl (C=O) groups is 1. The van der Waals surface area contributed by atoms with Crippen LogP contribution in [0.25, 0.3) is 0 Å². The lowest BCUT2D eigenvalue weighted by Crippen LogP contribution is -2.47. The van der Waals surface area contributed by atoms with Crippen molar-refractivity contribution in [3.63, 3.8) is 0 Å². The monoisotopic (exact) mass is 337 g/mol. The molecule has 2 fully saturated rings. The van der Waals surface area contributed by atoms with Crippen LogP contribution in [0.5, 0.6) is 0 Å². The normalized spacial score (nSPS) is 17.8. The summed E-state index contributed by atoms with van der Waals surface area (Å²) in [6, 6.07) is 12.3. The van der Waals surface area contributed by atoms with E-state index in [4.69, 9.17) is 0 Å². The molecule has 0 aliphatic carbocycles. The highest BCUT2D eigenvalue weighted by Gasteiger charge is 2.23. The van der Waals surface area contributed by atoms with E-state index in [2.05, 4.69) is 44.0 Å². The van der Waals surface area contributed by atoms with Crippen molar-refractivity contribution in [3.8, 4) is 0 Å². The number of nitrogens with zero attached hydrogens (tertiary/aromatic N) is 5. The molecule has 0 saturated carbocycles. The van der Waals surface area contributed by atoms with Gasteiger partial charge in [0, 0.05) is 51.0 Å². The molecule has 1 amide bonds. The van der Waals surface area contributed by atoms with Crippen LogP contribution in [-0.2, 0) is 0 Å². The Labute approximate surface area is 148 Å². The van der Waals surface area contributed by atoms with Crippen molar-refractivity contribution < 1.29 is 4.79 Å². The Hall–Kier alpha value is -2.63. The molecule has 0 spiro atoms. The summed E-state index contributed by atoms with van der Waals surface area (Å²) in [5.74, 6) is 0.884. The zero-order valence-electron chi connectivity index (χ0n) is 14.3. The van der Waals surface area contributed by atoms with E-state index in [0.717, 1.165) is 57.9 Å². The number of benzene rings is 1. The Balaban J connectivity index is 1.43. The number of piperazine rings is 1. The van der Waals surface area contributed by atoms with Crippen LogP contribution in [0.15, 0.2) is 42.7 Å². The first-order valence-electron chi connectivity index (χ1n) is 8.97. The van der Waals surface area contributed by atoms with Crippen molar-refractivity contribution in [2.45, 2.75) is 12.8 Å². The maximum atomic E-state index is 12.5. The maximum Gasteiger partial charge on any atom is 0.272 e. The fourth-order valence-corrected chi connectivity index (χ4v) is 3.55. The van der Waals surface area contributed by atoms with Crippen molar-refractivity contribution in [3.05, 3.63) is 48.4 Å². The number of amides is 1. The third-order valence-electron chi connectivity index (χ3n) is 4.99. The lowest BCUT2D eigenvalue weighted by Gasteiger charge is -2.36. The fraction of sp³-hybridized carbons (Fsp3) is 0.421. The molecule has 0 radical (unpaired) electrons. The Bertz CT molecular complexity index is 722. The van der Waals surface area contributed by atoms with Gasteiger partial charge >= 0.3 is 0 Å². The zero-order chi connectivity index (χ0) is 17.1. The summed E-state index contributed by atoms with van der Waals surface area (Å²) < 4.78 is 0. The Morgan fingerprint density at radius 1 is 0.840 bits per heavy atom. The second kappa shape index (κ2) is 7.09. The van der Waals surface area contributed by atoms with Gasteiger partial charge in [-0.1, -0.05) is 18.2 Å². The van der Waals surface area contributed by atoms with E-state index in [1.165, 1.54) is 12.0 Å². The largest absolute Gasteiger partial charge is 0.368 e. The van der Waals surface area contributed by atoms with Crippen LogP contribution in [0.1, 0.15) is 23.3 Å². The van der Waals surface area contributed by atoms with Crippen molar-refractivity contribution in [1.29, 1.82) is 0 Å². The predicted molar refractivity (Wildman–Crippen MR) is 98.0 cm³/mol. The molecule has 6 heteroatoms. The second-order valence-corrected chi connectivity index (χ2v) is 6.57. The van der Waals surface area contributed by atoms with E-state index in [9.17, 15) is 4.79 Å². The molecular formula is C19H23N5O. The third kappa shape index (κ3) is 3.43. The summed E-state index contributed by atoms with van der Waals surface area (Å²) in [4.78, 5) is 27.6. The minimum atomic E-state index is 0.0315. The second-order valence-electron chi connectivity index (χ2n) is 6.57. The number of hydrogen-bond donors (Lipinski definition) is 0. The molecule has 1 aromatic heterocycles. The standard InChI is InChI=1S/C19H23N5O/c25-19(24-8-4-5-9-24)17-14-18(21-15-20-17)23-12-10-22(11-13-23)16-6-2-1-3-7-16/h1-3,6-7,14-15H,4-5,8-13H2. The SMILES string of the molecule is O=C(c1cc(N2CCN(c3ccccc3)CC2)ncn1)N1CCCC1. The van der Waals surface area contributed by atoms with Crippen molar-refractivity contribution >= 4 is 17.4 Å². The van der Waals surface area contributed by atoms with Gasteiger partial charge < -0.3 is 14.7 Å². The third-order valence-corrected chi connectivity index (χ3v) is 4.99. The lowest BCUT2D eigenvalue weighted by molar-refractivity contribution is 0.0787. The summed E-state index contributed by atoms with van der Waals surface area (Å²) in [5.41, 5.74) is 1.77. The van der Waals surface area contributed by atoms with E-state index in [-0.39, 0.29) is 5.91 Å². The summed E-state index contributed by atoms with van der Waals surface area (Å²) in [7, 11) is 0. The number of aromatic nitrogens is 2. The van der Waals surface area contributed by atoms with Gasteiger partial charge in [0.2, 0.25) is 0 Å². The predicted octanol–water partition coefficient (Wildman–Crippen LogP) is 2.04. The van der Waals surface area contributed by atoms with E-state index < -0.39 is 0 Å². The number of rotatable bonds is 3. The van der Waals surface area contributed by atoms with Gasteiger partial charge in [0.25, 0.3) is 5.91 Å². The summed E-state index contributed by atoms with van der Waals surface area (Å²) in [6.07, 6.45) is 3.69. The zero-order valence-corrected chi connectivity index (χ0v) is 14.3. The van der Waals surface area contributed by atoms with Crippen molar-refractivity contribution in [2.75, 3.05) is 49.1 Å². The maximum absolute atomic E-state index is 12.5. The van der Waals surface area contributed by atoms with E-state index >= 15 is 0 Å². The van der Waals surface area contributed by atoms with Gasteiger partial charge in [-0.25, -0.2) is 9.97 Å². The molecule has 2 saturated heterocycles. The lowest BCUT2D eigenvalue weighted by atomic mass is 10.2. The quantitative estimate of drug-likeness (QED) is 0.858. The van der Waals surface area contributed by atoms with Crippen molar-refractivity contribution in [1.82, 2.24) is 14.9 Å². The Kier molecular flexibility index (Phi) is 4.50. The van der Waals surface area contributed by atoms with Crippen LogP contribution in [-0.4, -0.2) is 60.0 Å². The highest BCUT2D eigenvalue weighted by atomic mass is 16.2. The Morgan fingerprint density at radius 2 is 1.52 bits per heavy atom. The topological polar surface area (TPSA) is 52.6 Å². The van der Waals surface area contributed by atoms with Crippen molar-refractivity contribution in [2.24, 2.45) is 0 Å². The molecule has 0 unspecified atom stereocenters.